The molecule has 1 aromatic carbocycles. The highest BCUT2D eigenvalue weighted by molar-refractivity contribution is 7.09. The van der Waals surface area contributed by atoms with E-state index in [1.807, 2.05) is 57.3 Å². The molecule has 0 saturated carbocycles. The van der Waals surface area contributed by atoms with Crippen molar-refractivity contribution < 1.29 is 9.53 Å². The van der Waals surface area contributed by atoms with Crippen molar-refractivity contribution in [1.82, 2.24) is 10.3 Å². The Morgan fingerprint density at radius 2 is 2.21 bits per heavy atom. The molecular formula is C18H25N3O2S. The van der Waals surface area contributed by atoms with E-state index in [1.165, 1.54) is 0 Å². The number of thiazole rings is 1. The fourth-order valence-electron chi connectivity index (χ4n) is 2.20. The van der Waals surface area contributed by atoms with Crippen molar-refractivity contribution in [3.8, 4) is 0 Å². The van der Waals surface area contributed by atoms with Gasteiger partial charge in [-0.2, -0.15) is 0 Å². The highest BCUT2D eigenvalue weighted by Gasteiger charge is 2.29. The van der Waals surface area contributed by atoms with Gasteiger partial charge < -0.3 is 15.4 Å². The third kappa shape index (κ3) is 5.04. The standard InChI is InChI=1S/C18H25N3O2S/c1-5-18(4,16-19-9-10-24-16)21-17(22)20-15-8-6-7-14(11-15)12-23-13(2)3/h6-11,13H,5,12H2,1-4H3,(H2,20,21,22). The Hall–Kier alpha value is -1.92. The van der Waals surface area contributed by atoms with Gasteiger partial charge in [-0.1, -0.05) is 19.1 Å². The zero-order valence-corrected chi connectivity index (χ0v) is 15.4. The molecule has 0 spiro atoms. The topological polar surface area (TPSA) is 63.2 Å². The second-order valence-corrected chi connectivity index (χ2v) is 7.06. The number of rotatable bonds is 7. The van der Waals surface area contributed by atoms with E-state index in [2.05, 4.69) is 15.6 Å². The lowest BCUT2D eigenvalue weighted by Gasteiger charge is -2.27. The molecule has 0 aliphatic rings. The summed E-state index contributed by atoms with van der Waals surface area (Å²) in [5.41, 5.74) is 1.30. The molecular weight excluding hydrogens is 322 g/mol. The van der Waals surface area contributed by atoms with E-state index in [4.69, 9.17) is 4.74 Å². The second-order valence-electron chi connectivity index (χ2n) is 6.16. The van der Waals surface area contributed by atoms with E-state index < -0.39 is 5.54 Å². The molecule has 0 radical (unpaired) electrons. The Labute approximate surface area is 147 Å². The van der Waals surface area contributed by atoms with E-state index in [0.29, 0.717) is 6.61 Å². The molecule has 1 heterocycles. The van der Waals surface area contributed by atoms with E-state index in [-0.39, 0.29) is 12.1 Å². The molecule has 2 amide bonds. The quantitative estimate of drug-likeness (QED) is 0.774. The Kier molecular flexibility index (Phi) is 6.34. The van der Waals surface area contributed by atoms with E-state index in [1.54, 1.807) is 17.5 Å². The van der Waals surface area contributed by atoms with Crippen LogP contribution < -0.4 is 10.6 Å². The van der Waals surface area contributed by atoms with Crippen molar-refractivity contribution in [1.29, 1.82) is 0 Å². The van der Waals surface area contributed by atoms with Crippen molar-refractivity contribution in [2.75, 3.05) is 5.32 Å². The van der Waals surface area contributed by atoms with Crippen LogP contribution in [-0.2, 0) is 16.9 Å². The molecule has 0 fully saturated rings. The minimum atomic E-state index is -0.476. The number of amides is 2. The number of aromatic nitrogens is 1. The average molecular weight is 347 g/mol. The molecule has 1 unspecified atom stereocenters. The minimum absolute atomic E-state index is 0.175. The van der Waals surface area contributed by atoms with Crippen molar-refractivity contribution in [2.24, 2.45) is 0 Å². The number of urea groups is 1. The highest BCUT2D eigenvalue weighted by atomic mass is 32.1. The number of anilines is 1. The van der Waals surface area contributed by atoms with Gasteiger partial charge in [0.05, 0.1) is 18.2 Å². The van der Waals surface area contributed by atoms with Crippen LogP contribution in [0.3, 0.4) is 0 Å². The largest absolute Gasteiger partial charge is 0.374 e. The number of ether oxygens (including phenoxy) is 1. The summed E-state index contributed by atoms with van der Waals surface area (Å²) in [7, 11) is 0. The van der Waals surface area contributed by atoms with Crippen LogP contribution in [0.5, 0.6) is 0 Å². The number of carbonyl (C=O) groups excluding carboxylic acids is 1. The molecule has 2 N–H and O–H groups in total. The summed E-state index contributed by atoms with van der Waals surface area (Å²) in [4.78, 5) is 16.7. The molecule has 0 bridgehead atoms. The van der Waals surface area contributed by atoms with Crippen LogP contribution in [0.4, 0.5) is 10.5 Å². The summed E-state index contributed by atoms with van der Waals surface area (Å²) in [6.45, 7) is 8.55. The number of benzene rings is 1. The molecule has 1 atom stereocenters. The van der Waals surface area contributed by atoms with Gasteiger partial charge in [0.1, 0.15) is 5.01 Å². The highest BCUT2D eigenvalue weighted by Crippen LogP contribution is 2.26. The molecule has 2 rings (SSSR count). The van der Waals surface area contributed by atoms with Crippen LogP contribution >= 0.6 is 11.3 Å². The number of hydrogen-bond donors (Lipinski definition) is 2. The Morgan fingerprint density at radius 3 is 2.83 bits per heavy atom. The second kappa shape index (κ2) is 8.26. The van der Waals surface area contributed by atoms with Crippen LogP contribution in [0, 0.1) is 0 Å². The molecule has 24 heavy (non-hydrogen) atoms. The molecule has 1 aromatic heterocycles. The van der Waals surface area contributed by atoms with Gasteiger partial charge in [-0.15, -0.1) is 11.3 Å². The predicted molar refractivity (Wildman–Crippen MR) is 98.3 cm³/mol. The first-order valence-electron chi connectivity index (χ1n) is 8.12. The van der Waals surface area contributed by atoms with Gasteiger partial charge in [0.2, 0.25) is 0 Å². The van der Waals surface area contributed by atoms with E-state index in [0.717, 1.165) is 22.7 Å². The van der Waals surface area contributed by atoms with Gasteiger partial charge in [-0.05, 0) is 44.9 Å². The lowest BCUT2D eigenvalue weighted by molar-refractivity contribution is 0.0657. The first-order valence-corrected chi connectivity index (χ1v) is 9.00. The van der Waals surface area contributed by atoms with E-state index in [9.17, 15) is 4.79 Å². The van der Waals surface area contributed by atoms with Crippen LogP contribution in [0.2, 0.25) is 0 Å². The van der Waals surface area contributed by atoms with Gasteiger partial charge >= 0.3 is 6.03 Å². The van der Waals surface area contributed by atoms with Crippen molar-refractivity contribution >= 4 is 23.1 Å². The van der Waals surface area contributed by atoms with Gasteiger partial charge in [0.15, 0.2) is 0 Å². The van der Waals surface area contributed by atoms with Crippen molar-refractivity contribution in [2.45, 2.75) is 52.4 Å². The predicted octanol–water partition coefficient (Wildman–Crippen LogP) is 4.52. The summed E-state index contributed by atoms with van der Waals surface area (Å²) < 4.78 is 5.60. The smallest absolute Gasteiger partial charge is 0.320 e. The molecule has 5 nitrogen and oxygen atoms in total. The zero-order chi connectivity index (χ0) is 17.6. The average Bonchev–Trinajstić information content (AvgIpc) is 3.08. The van der Waals surface area contributed by atoms with Crippen LogP contribution in [0.25, 0.3) is 0 Å². The molecule has 0 aliphatic heterocycles. The molecule has 0 aliphatic carbocycles. The van der Waals surface area contributed by atoms with Crippen LogP contribution in [0.15, 0.2) is 35.8 Å². The molecule has 2 aromatic rings. The maximum atomic E-state index is 12.4. The Balaban J connectivity index is 2.00. The molecule has 0 saturated heterocycles. The number of carbonyl (C=O) groups is 1. The normalized spacial score (nSPS) is 13.5. The van der Waals surface area contributed by atoms with Gasteiger partial charge in [-0.3, -0.25) is 0 Å². The molecule has 6 heteroatoms. The van der Waals surface area contributed by atoms with Gasteiger partial charge in [0.25, 0.3) is 0 Å². The van der Waals surface area contributed by atoms with Gasteiger partial charge in [-0.25, -0.2) is 9.78 Å². The fraction of sp³-hybridized carbons (Fsp3) is 0.444. The third-order valence-electron chi connectivity index (χ3n) is 3.77. The maximum absolute atomic E-state index is 12.4. The number of nitrogens with zero attached hydrogens (tertiary/aromatic N) is 1. The van der Waals surface area contributed by atoms with E-state index >= 15 is 0 Å². The zero-order valence-electron chi connectivity index (χ0n) is 14.6. The number of nitrogens with one attached hydrogen (secondary N) is 2. The van der Waals surface area contributed by atoms with Crippen LogP contribution in [-0.4, -0.2) is 17.1 Å². The summed E-state index contributed by atoms with van der Waals surface area (Å²) in [6, 6.07) is 7.45. The summed E-state index contributed by atoms with van der Waals surface area (Å²) >= 11 is 1.54. The third-order valence-corrected chi connectivity index (χ3v) is 4.81. The Bertz CT molecular complexity index is 658. The summed E-state index contributed by atoms with van der Waals surface area (Å²) in [6.07, 6.45) is 2.69. The minimum Gasteiger partial charge on any atom is -0.374 e. The summed E-state index contributed by atoms with van der Waals surface area (Å²) in [5.74, 6) is 0. The maximum Gasteiger partial charge on any atom is 0.320 e. The number of hydrogen-bond acceptors (Lipinski definition) is 4. The monoisotopic (exact) mass is 347 g/mol. The lowest BCUT2D eigenvalue weighted by Crippen LogP contribution is -2.45. The molecule has 130 valence electrons. The first-order chi connectivity index (χ1) is 11.4. The SMILES string of the molecule is CCC(C)(NC(=O)Nc1cccc(COC(C)C)c1)c1nccs1. The fourth-order valence-corrected chi connectivity index (χ4v) is 3.03. The van der Waals surface area contributed by atoms with Gasteiger partial charge in [0, 0.05) is 17.3 Å². The van der Waals surface area contributed by atoms with Crippen LogP contribution in [0.1, 0.15) is 44.7 Å². The lowest BCUT2D eigenvalue weighted by atomic mass is 10.0. The Morgan fingerprint density at radius 1 is 1.42 bits per heavy atom. The van der Waals surface area contributed by atoms with Crippen molar-refractivity contribution in [3.63, 3.8) is 0 Å². The van der Waals surface area contributed by atoms with Crippen molar-refractivity contribution in [3.05, 3.63) is 46.4 Å². The first kappa shape index (κ1) is 18.4. The summed E-state index contributed by atoms with van der Waals surface area (Å²) in [5, 5.41) is 8.74.